The van der Waals surface area contributed by atoms with Crippen LogP contribution in [0.4, 0.5) is 0 Å². The van der Waals surface area contributed by atoms with Crippen LogP contribution in [-0.4, -0.2) is 78.6 Å². The Morgan fingerprint density at radius 1 is 0.756 bits per heavy atom. The minimum absolute atomic E-state index is 0.0403. The van der Waals surface area contributed by atoms with Gasteiger partial charge in [0.1, 0.15) is 40.2 Å². The second-order valence-electron chi connectivity index (χ2n) is 8.47. The van der Waals surface area contributed by atoms with Crippen LogP contribution in [0.3, 0.4) is 0 Å². The van der Waals surface area contributed by atoms with E-state index in [0.717, 1.165) is 0 Å². The van der Waals surface area contributed by atoms with E-state index in [1.54, 1.807) is 36.4 Å². The Morgan fingerprint density at radius 2 is 1.22 bits per heavy atom. The van der Waals surface area contributed by atoms with Gasteiger partial charge in [-0.2, -0.15) is 8.42 Å². The SMILES string of the molecule is NO.NS(=O)(=O)C/C(=N\O)c1ccccc1O.NS(=O)(=O)CC(=O)c1ccccc1O.O=S(=O)(O)Cc1noc2ccccc12. The molecule has 4 rings (SSSR count). The highest BCUT2D eigenvalue weighted by atomic mass is 32.2. The monoisotopic (exact) mass is 691 g/mol. The van der Waals surface area contributed by atoms with E-state index in [1.807, 2.05) is 0 Å². The number of hydrogen-bond donors (Lipinski definition) is 8. The largest absolute Gasteiger partial charge is 0.507 e. The van der Waals surface area contributed by atoms with Crippen molar-refractivity contribution in [1.29, 1.82) is 0 Å². The Labute approximate surface area is 256 Å². The predicted molar refractivity (Wildman–Crippen MR) is 160 cm³/mol. The summed E-state index contributed by atoms with van der Waals surface area (Å²) in [4.78, 5) is 11.3. The minimum Gasteiger partial charge on any atom is -0.507 e. The van der Waals surface area contributed by atoms with Crippen molar-refractivity contribution < 1.29 is 59.8 Å². The number of carbonyl (C=O) groups excluding carboxylic acids is 1. The molecule has 0 aliphatic heterocycles. The molecule has 3 aromatic carbocycles. The molecule has 0 aliphatic carbocycles. The van der Waals surface area contributed by atoms with Crippen molar-refractivity contribution in [3.63, 3.8) is 0 Å². The number of carbonyl (C=O) groups is 1. The molecule has 18 nitrogen and oxygen atoms in total. The number of ketones is 1. The third-order valence-electron chi connectivity index (χ3n) is 4.98. The molecule has 21 heteroatoms. The lowest BCUT2D eigenvalue weighted by Crippen LogP contribution is -2.23. The van der Waals surface area contributed by atoms with E-state index >= 15 is 0 Å². The molecule has 11 N–H and O–H groups in total. The molecule has 0 spiro atoms. The van der Waals surface area contributed by atoms with Crippen LogP contribution in [-0.2, 0) is 35.9 Å². The van der Waals surface area contributed by atoms with E-state index in [4.69, 9.17) is 29.8 Å². The fourth-order valence-corrected chi connectivity index (χ4v) is 4.92. The molecule has 0 amide bonds. The number of primary sulfonamides is 2. The first-order chi connectivity index (χ1) is 20.9. The van der Waals surface area contributed by atoms with E-state index < -0.39 is 53.2 Å². The number of benzene rings is 3. The van der Waals surface area contributed by atoms with Gasteiger partial charge < -0.3 is 25.2 Å². The molecular formula is C24H29N5O13S3. The van der Waals surface area contributed by atoms with E-state index in [9.17, 15) is 40.3 Å². The fourth-order valence-electron chi connectivity index (χ4n) is 3.25. The highest BCUT2D eigenvalue weighted by Crippen LogP contribution is 2.19. The lowest BCUT2D eigenvalue weighted by molar-refractivity contribution is 0.101. The Balaban J connectivity index is 0.000000328. The second-order valence-corrected chi connectivity index (χ2v) is 13.2. The lowest BCUT2D eigenvalue weighted by Gasteiger charge is -2.04. The van der Waals surface area contributed by atoms with Crippen LogP contribution < -0.4 is 16.2 Å². The first kappa shape index (κ1) is 38.5. The van der Waals surface area contributed by atoms with Gasteiger partial charge in [-0.15, -0.1) is 0 Å². The van der Waals surface area contributed by atoms with E-state index in [1.165, 1.54) is 36.4 Å². The Bertz CT molecular complexity index is 1940. The Morgan fingerprint density at radius 3 is 1.69 bits per heavy atom. The standard InChI is InChI=1S/C8H10N2O4S.C8H7NO4S.C8H9NO4S.H3NO/c9-15(13,14)5-7(10-12)6-3-1-2-4-8(6)11;10-14(11,12)5-7-6-3-1-2-4-8(6)13-9-7;9-14(12,13)5-8(11)6-3-1-2-4-7(6)10;1-2/h1-4,11-12H,5H2,(H2,9,13,14);1-4H,5H2,(H,10,11,12);1-4,10H,5H2,(H2,9,12,13);2H,1H2/b10-7+;;;. The number of phenolic OH excluding ortho intramolecular Hbond substituents is 2. The zero-order valence-corrected chi connectivity index (χ0v) is 25.4. The molecule has 4 aromatic rings. The molecule has 0 atom stereocenters. The van der Waals surface area contributed by atoms with Gasteiger partial charge >= 0.3 is 0 Å². The molecule has 0 saturated heterocycles. The number of nitrogens with zero attached hydrogens (tertiary/aromatic N) is 2. The van der Waals surface area contributed by atoms with Gasteiger partial charge in [0, 0.05) is 10.9 Å². The molecule has 1 heterocycles. The summed E-state index contributed by atoms with van der Waals surface area (Å²) in [6.45, 7) is 0. The topological polar surface area (TPSA) is 337 Å². The molecule has 1 aromatic heterocycles. The number of nitrogens with two attached hydrogens (primary N) is 3. The van der Waals surface area contributed by atoms with Gasteiger partial charge in [-0.1, -0.05) is 46.7 Å². The van der Waals surface area contributed by atoms with Crippen LogP contribution in [0.1, 0.15) is 21.6 Å². The van der Waals surface area contributed by atoms with Gasteiger partial charge in [0.25, 0.3) is 10.1 Å². The number of Topliss-reactive ketones (excluding diaryl/α,β-unsaturated/α-hetero) is 1. The number of fused-ring (bicyclic) bond motifs is 1. The van der Waals surface area contributed by atoms with Crippen LogP contribution in [0.2, 0.25) is 0 Å². The molecule has 0 aliphatic rings. The smallest absolute Gasteiger partial charge is 0.270 e. The van der Waals surface area contributed by atoms with Gasteiger partial charge in [0.05, 0.1) is 5.56 Å². The van der Waals surface area contributed by atoms with Crippen LogP contribution in [0.5, 0.6) is 11.5 Å². The number of phenols is 2. The highest BCUT2D eigenvalue weighted by Gasteiger charge is 2.17. The van der Waals surface area contributed by atoms with Crippen molar-refractivity contribution in [3.05, 3.63) is 89.6 Å². The number of aromatic nitrogens is 1. The average molecular weight is 692 g/mol. The summed E-state index contributed by atoms with van der Waals surface area (Å²) in [6.07, 6.45) is 0. The first-order valence-electron chi connectivity index (χ1n) is 11.8. The molecule has 0 unspecified atom stereocenters. The van der Waals surface area contributed by atoms with Crippen molar-refractivity contribution in [2.75, 3.05) is 11.5 Å². The van der Waals surface area contributed by atoms with Crippen LogP contribution in [0, 0.1) is 0 Å². The second kappa shape index (κ2) is 17.1. The molecule has 246 valence electrons. The van der Waals surface area contributed by atoms with E-state index in [2.05, 4.69) is 16.2 Å². The predicted octanol–water partition coefficient (Wildman–Crippen LogP) is 0.272. The molecular weight excluding hydrogens is 662 g/mol. The summed E-state index contributed by atoms with van der Waals surface area (Å²) in [5.41, 5.74) is 0.625. The number of aromatic hydroxyl groups is 2. The number of rotatable bonds is 8. The zero-order chi connectivity index (χ0) is 34.4. The normalized spacial score (nSPS) is 11.6. The van der Waals surface area contributed by atoms with Gasteiger partial charge in [-0.3, -0.25) is 9.35 Å². The van der Waals surface area contributed by atoms with Gasteiger partial charge in [0.15, 0.2) is 11.4 Å². The molecule has 0 fully saturated rings. The van der Waals surface area contributed by atoms with Crippen molar-refractivity contribution in [2.24, 2.45) is 21.3 Å². The maximum absolute atomic E-state index is 11.3. The first-order valence-corrected chi connectivity index (χ1v) is 16.8. The lowest BCUT2D eigenvalue weighted by atomic mass is 10.1. The Hall–Kier alpha value is -4.48. The van der Waals surface area contributed by atoms with Crippen LogP contribution in [0.25, 0.3) is 11.0 Å². The summed E-state index contributed by atoms with van der Waals surface area (Å²) < 4.78 is 77.5. The fraction of sp³-hybridized carbons (Fsp3) is 0.125. The van der Waals surface area contributed by atoms with Gasteiger partial charge in [0.2, 0.25) is 20.0 Å². The van der Waals surface area contributed by atoms with E-state index in [0.29, 0.717) is 11.0 Å². The maximum Gasteiger partial charge on any atom is 0.270 e. The quantitative estimate of drug-likeness (QED) is 0.0404. The molecule has 0 bridgehead atoms. The summed E-state index contributed by atoms with van der Waals surface area (Å²) in [7, 11) is -11.7. The number of hydrogen-bond acceptors (Lipinski definition) is 15. The molecule has 0 radical (unpaired) electrons. The van der Waals surface area contributed by atoms with Crippen molar-refractivity contribution >= 4 is 52.6 Å². The van der Waals surface area contributed by atoms with Crippen molar-refractivity contribution in [2.45, 2.75) is 5.75 Å². The third kappa shape index (κ3) is 14.2. The molecule has 45 heavy (non-hydrogen) atoms. The highest BCUT2D eigenvalue weighted by molar-refractivity contribution is 7.90. The van der Waals surface area contributed by atoms with Crippen LogP contribution >= 0.6 is 0 Å². The van der Waals surface area contributed by atoms with Crippen molar-refractivity contribution in [1.82, 2.24) is 5.16 Å². The number of oxime groups is 1. The number of para-hydroxylation sites is 3. The van der Waals surface area contributed by atoms with E-state index in [-0.39, 0.29) is 34.0 Å². The van der Waals surface area contributed by atoms with Crippen molar-refractivity contribution in [3.8, 4) is 11.5 Å². The van der Waals surface area contributed by atoms with Gasteiger partial charge in [-0.05, 0) is 36.4 Å². The van der Waals surface area contributed by atoms with Gasteiger partial charge in [-0.25, -0.2) is 33.0 Å². The average Bonchev–Trinajstić information content (AvgIpc) is 3.34. The zero-order valence-electron chi connectivity index (χ0n) is 22.9. The molecule has 0 saturated carbocycles. The van der Waals surface area contributed by atoms with Crippen LogP contribution in [0.15, 0.2) is 82.5 Å². The minimum atomic E-state index is -4.06. The Kier molecular flexibility index (Phi) is 14.7. The summed E-state index contributed by atoms with van der Waals surface area (Å²) in [6, 6.07) is 18.5. The summed E-state index contributed by atoms with van der Waals surface area (Å²) >= 11 is 0. The number of sulfonamides is 2. The summed E-state index contributed by atoms with van der Waals surface area (Å²) in [5.74, 6) is 0.399. The maximum atomic E-state index is 11.3. The summed E-state index contributed by atoms with van der Waals surface area (Å²) in [5, 5.41) is 50.2. The third-order valence-corrected chi connectivity index (χ3v) is 6.96.